The maximum atomic E-state index is 13.2. The first-order valence-corrected chi connectivity index (χ1v) is 14.2. The van der Waals surface area contributed by atoms with Crippen LogP contribution in [0.1, 0.15) is 29.2 Å². The molecule has 0 bridgehead atoms. The monoisotopic (exact) mass is 636 g/mol. The summed E-state index contributed by atoms with van der Waals surface area (Å²) < 4.78 is 47.2. The van der Waals surface area contributed by atoms with Crippen molar-refractivity contribution in [3.63, 3.8) is 0 Å². The zero-order valence-electron chi connectivity index (χ0n) is 22.5. The summed E-state index contributed by atoms with van der Waals surface area (Å²) in [5, 5.41) is 14.9. The van der Waals surface area contributed by atoms with E-state index >= 15 is 0 Å². The van der Waals surface area contributed by atoms with E-state index in [0.717, 1.165) is 12.8 Å². The largest absolute Gasteiger partial charge is 0.477 e. The highest BCUT2D eigenvalue weighted by molar-refractivity contribution is 6.34. The van der Waals surface area contributed by atoms with E-state index < -0.39 is 29.7 Å². The van der Waals surface area contributed by atoms with Gasteiger partial charge in [-0.3, -0.25) is 14.4 Å². The molecule has 5 heterocycles. The molecule has 6 rings (SSSR count). The van der Waals surface area contributed by atoms with Crippen molar-refractivity contribution >= 4 is 45.8 Å². The van der Waals surface area contributed by atoms with Crippen molar-refractivity contribution in [2.45, 2.75) is 31.1 Å². The van der Waals surface area contributed by atoms with Crippen molar-refractivity contribution in [2.24, 2.45) is 0 Å². The molecule has 2 saturated heterocycles. The first kappa shape index (κ1) is 29.3. The van der Waals surface area contributed by atoms with E-state index in [4.69, 9.17) is 27.9 Å². The molecule has 0 spiro atoms. The van der Waals surface area contributed by atoms with Gasteiger partial charge in [0.15, 0.2) is 0 Å². The molecule has 1 aromatic carbocycles. The van der Waals surface area contributed by atoms with Gasteiger partial charge in [-0.05, 0) is 37.1 Å². The number of aromatic nitrogens is 4. The first-order valence-electron chi connectivity index (χ1n) is 13.4. The number of fused-ring (bicyclic) bond motifs is 1. The molecule has 2 aliphatic rings. The average Bonchev–Trinajstić information content (AvgIpc) is 3.59. The van der Waals surface area contributed by atoms with Gasteiger partial charge in [-0.1, -0.05) is 23.2 Å². The van der Waals surface area contributed by atoms with Gasteiger partial charge in [0.05, 0.1) is 46.7 Å². The number of carboxylic acid groups (broad SMARTS) is 1. The molecule has 1 N–H and O–H groups in total. The van der Waals surface area contributed by atoms with Crippen LogP contribution in [0.3, 0.4) is 0 Å². The van der Waals surface area contributed by atoms with E-state index in [1.165, 1.54) is 23.4 Å². The lowest BCUT2D eigenvalue weighted by atomic mass is 10.1. The van der Waals surface area contributed by atoms with Crippen molar-refractivity contribution in [1.82, 2.24) is 24.2 Å². The number of hydrogen-bond acceptors (Lipinski definition) is 7. The second-order valence-electron chi connectivity index (χ2n) is 10.6. The Labute approximate surface area is 252 Å². The minimum atomic E-state index is -4.28. The van der Waals surface area contributed by atoms with E-state index in [0.29, 0.717) is 34.3 Å². The number of anilines is 1. The topological polar surface area (TPSA) is 106 Å². The number of halogens is 5. The van der Waals surface area contributed by atoms with Crippen LogP contribution in [0.15, 0.2) is 53.8 Å². The molecule has 10 nitrogen and oxygen atoms in total. The Hall–Kier alpha value is -3.81. The third-order valence-electron chi connectivity index (χ3n) is 7.71. The molecule has 2 aliphatic heterocycles. The summed E-state index contributed by atoms with van der Waals surface area (Å²) in [7, 11) is 0. The normalized spacial score (nSPS) is 17.9. The molecule has 0 unspecified atom stereocenters. The molecule has 15 heteroatoms. The van der Waals surface area contributed by atoms with Crippen LogP contribution in [0.5, 0.6) is 5.88 Å². The third-order valence-corrected chi connectivity index (χ3v) is 8.30. The second kappa shape index (κ2) is 11.4. The van der Waals surface area contributed by atoms with Gasteiger partial charge in [-0.15, -0.1) is 0 Å². The number of aromatic carboxylic acids is 1. The zero-order chi connectivity index (χ0) is 30.5. The highest BCUT2D eigenvalue weighted by Crippen LogP contribution is 2.36. The van der Waals surface area contributed by atoms with Crippen molar-refractivity contribution in [3.05, 3.63) is 74.9 Å². The standard InChI is InChI=1S/C28H25Cl2F3N6O4/c29-21-4-1-5-34-26(21)43-14-16-3-2-6-37(16)24-8-23-19(7-22(24)30)25(40)20(27(41)42)13-38(23)17-9-35-39(12-17)18-10-36(11-18)15-28(31,32)33/h1,4-5,7-9,12-13,16,18H,2-3,6,10-11,14-15H2,(H,41,42)/t16-/m1/s1. The molecule has 2 fully saturated rings. The number of carboxylic acids is 1. The van der Waals surface area contributed by atoms with Crippen LogP contribution in [-0.2, 0) is 0 Å². The summed E-state index contributed by atoms with van der Waals surface area (Å²) in [6.07, 6.45) is 3.32. The van der Waals surface area contributed by atoms with Gasteiger partial charge in [0.2, 0.25) is 11.3 Å². The summed E-state index contributed by atoms with van der Waals surface area (Å²) in [5.41, 5.74) is 0.343. The predicted octanol–water partition coefficient (Wildman–Crippen LogP) is 5.05. The number of nitrogens with zero attached hydrogens (tertiary/aromatic N) is 6. The predicted molar refractivity (Wildman–Crippen MR) is 154 cm³/mol. The van der Waals surface area contributed by atoms with E-state index in [-0.39, 0.29) is 42.2 Å². The summed E-state index contributed by atoms with van der Waals surface area (Å²) in [4.78, 5) is 32.7. The van der Waals surface area contributed by atoms with Crippen molar-refractivity contribution in [2.75, 3.05) is 37.7 Å². The Bertz CT molecular complexity index is 1750. The number of benzene rings is 1. The van der Waals surface area contributed by atoms with E-state index in [1.807, 2.05) is 0 Å². The summed E-state index contributed by atoms with van der Waals surface area (Å²) in [5.74, 6) is -1.08. The van der Waals surface area contributed by atoms with Crippen LogP contribution >= 0.6 is 23.2 Å². The molecule has 226 valence electrons. The molecule has 43 heavy (non-hydrogen) atoms. The van der Waals surface area contributed by atoms with Crippen LogP contribution in [0.2, 0.25) is 10.0 Å². The first-order chi connectivity index (χ1) is 20.5. The van der Waals surface area contributed by atoms with Gasteiger partial charge in [0.1, 0.15) is 17.2 Å². The van der Waals surface area contributed by atoms with Crippen molar-refractivity contribution in [1.29, 1.82) is 0 Å². The molecule has 0 saturated carbocycles. The quantitative estimate of drug-likeness (QED) is 0.286. The SMILES string of the molecule is O=C(O)c1cn(-c2cnn(C3CN(CC(F)(F)F)C3)c2)c2cc(N3CCC[C@@H]3COc3ncccc3Cl)c(Cl)cc2c1=O. The second-order valence-corrected chi connectivity index (χ2v) is 11.4. The van der Waals surface area contributed by atoms with Crippen LogP contribution in [0, 0.1) is 0 Å². The number of likely N-dealkylation sites (tertiary alicyclic amines) is 1. The highest BCUT2D eigenvalue weighted by Gasteiger charge is 2.38. The molecular weight excluding hydrogens is 612 g/mol. The Morgan fingerprint density at radius 2 is 1.95 bits per heavy atom. The van der Waals surface area contributed by atoms with Crippen LogP contribution in [0.25, 0.3) is 16.6 Å². The molecule has 3 aromatic heterocycles. The van der Waals surface area contributed by atoms with Crippen molar-refractivity contribution < 1.29 is 27.8 Å². The summed E-state index contributed by atoms with van der Waals surface area (Å²) in [6.45, 7) is 0.308. The van der Waals surface area contributed by atoms with E-state index in [2.05, 4.69) is 15.0 Å². The molecule has 0 amide bonds. The number of alkyl halides is 3. The zero-order valence-corrected chi connectivity index (χ0v) is 24.0. The van der Waals surface area contributed by atoms with Gasteiger partial charge in [-0.25, -0.2) is 9.78 Å². The Morgan fingerprint density at radius 1 is 1.16 bits per heavy atom. The van der Waals surface area contributed by atoms with Crippen LogP contribution in [-0.4, -0.2) is 80.3 Å². The average molecular weight is 637 g/mol. The fourth-order valence-corrected chi connectivity index (χ4v) is 6.09. The van der Waals surface area contributed by atoms with Gasteiger partial charge in [0.25, 0.3) is 0 Å². The molecule has 4 aromatic rings. The van der Waals surface area contributed by atoms with Crippen LogP contribution in [0.4, 0.5) is 18.9 Å². The van der Waals surface area contributed by atoms with E-state index in [9.17, 15) is 27.9 Å². The maximum absolute atomic E-state index is 13.2. The van der Waals surface area contributed by atoms with Gasteiger partial charge in [0, 0.05) is 43.6 Å². The molecule has 0 aliphatic carbocycles. The smallest absolute Gasteiger partial charge is 0.401 e. The maximum Gasteiger partial charge on any atom is 0.401 e. The summed E-state index contributed by atoms with van der Waals surface area (Å²) >= 11 is 12.9. The van der Waals surface area contributed by atoms with E-state index in [1.54, 1.807) is 39.8 Å². The molecular formula is C28H25Cl2F3N6O4. The van der Waals surface area contributed by atoms with Crippen molar-refractivity contribution in [3.8, 4) is 11.6 Å². The molecule has 0 radical (unpaired) electrons. The van der Waals surface area contributed by atoms with Crippen LogP contribution < -0.4 is 15.1 Å². The Kier molecular flexibility index (Phi) is 7.73. The van der Waals surface area contributed by atoms with Gasteiger partial charge < -0.3 is 19.3 Å². The lowest BCUT2D eigenvalue weighted by molar-refractivity contribution is -0.157. The van der Waals surface area contributed by atoms with Gasteiger partial charge >= 0.3 is 12.1 Å². The highest BCUT2D eigenvalue weighted by atomic mass is 35.5. The van der Waals surface area contributed by atoms with Gasteiger partial charge in [-0.2, -0.15) is 18.3 Å². The number of rotatable bonds is 8. The number of ether oxygens (including phenoxy) is 1. The fraction of sp³-hybridized carbons (Fsp3) is 0.357. The minimum absolute atomic E-state index is 0.0764. The molecule has 1 atom stereocenters. The number of hydrogen-bond donors (Lipinski definition) is 1. The fourth-order valence-electron chi connectivity index (χ4n) is 5.64. The Morgan fingerprint density at radius 3 is 2.67 bits per heavy atom. The summed E-state index contributed by atoms with van der Waals surface area (Å²) in [6, 6.07) is 6.25. The lowest BCUT2D eigenvalue weighted by Crippen LogP contribution is -2.51. The minimum Gasteiger partial charge on any atom is -0.477 e. The number of carbonyl (C=O) groups is 1. The lowest BCUT2D eigenvalue weighted by Gasteiger charge is -2.39. The number of pyridine rings is 2. The third kappa shape index (κ3) is 5.89. The Balaban J connectivity index is 1.34.